The molecule has 0 atom stereocenters. The number of nitrogens with zero attached hydrogens (tertiary/aromatic N) is 4. The molecule has 0 unspecified atom stereocenters. The first-order chi connectivity index (χ1) is 16.2. The number of rotatable bonds is 7. The number of ether oxygens (including phenoxy) is 1. The number of hydrogen-bond acceptors (Lipinski definition) is 6. The molecule has 0 saturated heterocycles. The number of aryl methyl sites for hydroxylation is 1. The Morgan fingerprint density at radius 3 is 2.44 bits per heavy atom. The Labute approximate surface area is 196 Å². The predicted octanol–water partition coefficient (Wildman–Crippen LogP) is 3.93. The maximum Gasteiger partial charge on any atom is 0.341 e. The number of sulfonamides is 1. The minimum atomic E-state index is -4.14. The van der Waals surface area contributed by atoms with Crippen LogP contribution in [-0.4, -0.2) is 42.8 Å². The summed E-state index contributed by atoms with van der Waals surface area (Å²) >= 11 is 0. The highest BCUT2D eigenvalue weighted by atomic mass is 32.2. The number of pyridine rings is 1. The average molecular weight is 483 g/mol. The van der Waals surface area contributed by atoms with Crippen LogP contribution in [0.3, 0.4) is 0 Å². The number of esters is 1. The van der Waals surface area contributed by atoms with E-state index in [1.165, 1.54) is 25.4 Å². The van der Waals surface area contributed by atoms with Gasteiger partial charge >= 0.3 is 5.97 Å². The van der Waals surface area contributed by atoms with Crippen LogP contribution in [0.5, 0.6) is 0 Å². The second-order valence-corrected chi connectivity index (χ2v) is 9.56. The smallest absolute Gasteiger partial charge is 0.341 e. The molecule has 176 valence electrons. The molecule has 0 N–H and O–H groups in total. The highest BCUT2D eigenvalue weighted by Crippen LogP contribution is 2.35. The van der Waals surface area contributed by atoms with Crippen LogP contribution in [0.4, 0.5) is 10.1 Å². The molecule has 34 heavy (non-hydrogen) atoms. The zero-order valence-corrected chi connectivity index (χ0v) is 19.7. The van der Waals surface area contributed by atoms with E-state index in [-0.39, 0.29) is 22.8 Å². The van der Waals surface area contributed by atoms with Crippen LogP contribution in [0.15, 0.2) is 65.7 Å². The SMILES string of the molecule is CCOC(=O)c1cnc2c(c(C)nn2Cc2ccccc2)c1N(C)S(=O)(=O)c1ccc(F)cc1. The van der Waals surface area contributed by atoms with Gasteiger partial charge in [-0.05, 0) is 43.7 Å². The number of halogens is 1. The van der Waals surface area contributed by atoms with E-state index in [4.69, 9.17) is 4.74 Å². The summed E-state index contributed by atoms with van der Waals surface area (Å²) < 4.78 is 48.1. The van der Waals surface area contributed by atoms with Crippen molar-refractivity contribution < 1.29 is 22.3 Å². The fourth-order valence-electron chi connectivity index (χ4n) is 3.74. The molecule has 0 aliphatic carbocycles. The molecule has 4 aromatic rings. The molecule has 2 aromatic heterocycles. The van der Waals surface area contributed by atoms with Gasteiger partial charge in [-0.25, -0.2) is 27.3 Å². The maximum absolute atomic E-state index is 13.4. The van der Waals surface area contributed by atoms with Crippen molar-refractivity contribution in [3.05, 3.63) is 83.4 Å². The maximum atomic E-state index is 13.4. The number of fused-ring (bicyclic) bond motifs is 1. The number of carbonyl (C=O) groups is 1. The number of aromatic nitrogens is 3. The molecule has 0 bridgehead atoms. The Balaban J connectivity index is 1.92. The molecule has 0 spiro atoms. The van der Waals surface area contributed by atoms with Crippen LogP contribution < -0.4 is 4.31 Å². The van der Waals surface area contributed by atoms with Gasteiger partial charge in [0.1, 0.15) is 11.4 Å². The molecule has 2 heterocycles. The van der Waals surface area contributed by atoms with E-state index in [9.17, 15) is 17.6 Å². The lowest BCUT2D eigenvalue weighted by molar-refractivity contribution is 0.0527. The normalized spacial score (nSPS) is 11.5. The first-order valence-corrected chi connectivity index (χ1v) is 12.0. The molecular weight excluding hydrogens is 459 g/mol. The molecule has 0 radical (unpaired) electrons. The Morgan fingerprint density at radius 2 is 1.79 bits per heavy atom. The van der Waals surface area contributed by atoms with Crippen molar-refractivity contribution in [2.45, 2.75) is 25.3 Å². The monoisotopic (exact) mass is 482 g/mol. The summed E-state index contributed by atoms with van der Waals surface area (Å²) in [6, 6.07) is 14.1. The van der Waals surface area contributed by atoms with E-state index < -0.39 is 21.8 Å². The Hall–Kier alpha value is -3.79. The van der Waals surface area contributed by atoms with E-state index in [1.807, 2.05) is 30.3 Å². The number of benzene rings is 2. The lowest BCUT2D eigenvalue weighted by Crippen LogP contribution is -2.29. The van der Waals surface area contributed by atoms with Gasteiger partial charge in [0, 0.05) is 13.2 Å². The second kappa shape index (κ2) is 9.22. The molecular formula is C24H23FN4O4S. The minimum Gasteiger partial charge on any atom is -0.462 e. The Bertz CT molecular complexity index is 1450. The van der Waals surface area contributed by atoms with Crippen LogP contribution in [0.25, 0.3) is 11.0 Å². The van der Waals surface area contributed by atoms with Crippen molar-refractivity contribution >= 4 is 32.7 Å². The fraction of sp³-hybridized carbons (Fsp3) is 0.208. The zero-order valence-electron chi connectivity index (χ0n) is 18.9. The Morgan fingerprint density at radius 1 is 1.12 bits per heavy atom. The molecule has 0 fully saturated rings. The molecule has 4 rings (SSSR count). The van der Waals surface area contributed by atoms with Crippen molar-refractivity contribution in [2.75, 3.05) is 18.0 Å². The summed E-state index contributed by atoms with van der Waals surface area (Å²) in [6.07, 6.45) is 1.30. The Kier molecular flexibility index (Phi) is 6.34. The van der Waals surface area contributed by atoms with Gasteiger partial charge in [0.15, 0.2) is 5.65 Å². The summed E-state index contributed by atoms with van der Waals surface area (Å²) in [4.78, 5) is 17.1. The van der Waals surface area contributed by atoms with E-state index >= 15 is 0 Å². The summed E-state index contributed by atoms with van der Waals surface area (Å²) in [5, 5.41) is 4.98. The van der Waals surface area contributed by atoms with Gasteiger partial charge in [-0.2, -0.15) is 5.10 Å². The first-order valence-electron chi connectivity index (χ1n) is 10.6. The van der Waals surface area contributed by atoms with Gasteiger partial charge in [0.25, 0.3) is 10.0 Å². The fourth-order valence-corrected chi connectivity index (χ4v) is 4.96. The number of carbonyl (C=O) groups excluding carboxylic acids is 1. The third kappa shape index (κ3) is 4.24. The van der Waals surface area contributed by atoms with Crippen molar-refractivity contribution in [1.82, 2.24) is 14.8 Å². The topological polar surface area (TPSA) is 94.4 Å². The van der Waals surface area contributed by atoms with Gasteiger partial charge in [-0.1, -0.05) is 30.3 Å². The lowest BCUT2D eigenvalue weighted by Gasteiger charge is -2.23. The molecule has 8 nitrogen and oxygen atoms in total. The standard InChI is InChI=1S/C24H23FN4O4S/c1-4-33-24(30)20-14-26-23-21(16(2)27-29(23)15-17-8-6-5-7-9-17)22(20)28(3)34(31,32)19-12-10-18(25)11-13-19/h5-14H,4,15H2,1-3H3. The molecule has 0 amide bonds. The van der Waals surface area contributed by atoms with E-state index in [2.05, 4.69) is 10.1 Å². The van der Waals surface area contributed by atoms with Gasteiger partial charge in [-0.15, -0.1) is 0 Å². The summed E-state index contributed by atoms with van der Waals surface area (Å²) in [5.74, 6) is -1.26. The first kappa shape index (κ1) is 23.4. The van der Waals surface area contributed by atoms with Gasteiger partial charge < -0.3 is 4.74 Å². The third-order valence-electron chi connectivity index (χ3n) is 5.37. The van der Waals surface area contributed by atoms with Crippen LogP contribution in [-0.2, 0) is 21.3 Å². The minimum absolute atomic E-state index is 0.00935. The van der Waals surface area contributed by atoms with Gasteiger partial charge in [0.2, 0.25) is 0 Å². The highest BCUT2D eigenvalue weighted by molar-refractivity contribution is 7.92. The van der Waals surface area contributed by atoms with Crippen molar-refractivity contribution in [3.63, 3.8) is 0 Å². The van der Waals surface area contributed by atoms with Gasteiger partial charge in [-0.3, -0.25) is 4.31 Å². The summed E-state index contributed by atoms with van der Waals surface area (Å²) in [5.41, 5.74) is 2.00. The predicted molar refractivity (Wildman–Crippen MR) is 126 cm³/mol. The van der Waals surface area contributed by atoms with Gasteiger partial charge in [0.05, 0.1) is 34.8 Å². The number of hydrogen-bond donors (Lipinski definition) is 0. The van der Waals surface area contributed by atoms with Crippen molar-refractivity contribution in [3.8, 4) is 0 Å². The summed E-state index contributed by atoms with van der Waals surface area (Å²) in [7, 11) is -2.81. The third-order valence-corrected chi connectivity index (χ3v) is 7.14. The van der Waals surface area contributed by atoms with Crippen LogP contribution in [0.1, 0.15) is 28.5 Å². The van der Waals surface area contributed by atoms with Crippen molar-refractivity contribution in [2.24, 2.45) is 0 Å². The van der Waals surface area contributed by atoms with Crippen LogP contribution >= 0.6 is 0 Å². The largest absolute Gasteiger partial charge is 0.462 e. The quantitative estimate of drug-likeness (QED) is 0.371. The molecule has 0 aliphatic rings. The van der Waals surface area contributed by atoms with Crippen LogP contribution in [0.2, 0.25) is 0 Å². The van der Waals surface area contributed by atoms with Crippen molar-refractivity contribution in [1.29, 1.82) is 0 Å². The van der Waals surface area contributed by atoms with E-state index in [0.717, 1.165) is 22.0 Å². The molecule has 2 aromatic carbocycles. The second-order valence-electron chi connectivity index (χ2n) is 7.59. The number of anilines is 1. The molecule has 0 aliphatic heterocycles. The highest BCUT2D eigenvalue weighted by Gasteiger charge is 2.30. The van der Waals surface area contributed by atoms with E-state index in [0.29, 0.717) is 23.3 Å². The zero-order chi connectivity index (χ0) is 24.5. The van der Waals surface area contributed by atoms with Crippen LogP contribution in [0, 0.1) is 12.7 Å². The summed E-state index contributed by atoms with van der Waals surface area (Å²) in [6.45, 7) is 3.90. The molecule has 10 heteroatoms. The molecule has 0 saturated carbocycles. The average Bonchev–Trinajstić information content (AvgIpc) is 3.14. The lowest BCUT2D eigenvalue weighted by atomic mass is 10.1. The van der Waals surface area contributed by atoms with E-state index in [1.54, 1.807) is 18.5 Å².